The van der Waals surface area contributed by atoms with E-state index < -0.39 is 17.6 Å². The SMILES string of the molecule is CCN(C)CCNC(=O)c1ccc(N)c(C(F)(F)F)c1. The Kier molecular flexibility index (Phi) is 5.38. The first-order valence-electron chi connectivity index (χ1n) is 6.19. The van der Waals surface area contributed by atoms with Crippen molar-refractivity contribution in [1.82, 2.24) is 10.2 Å². The molecule has 3 N–H and O–H groups in total. The van der Waals surface area contributed by atoms with E-state index in [4.69, 9.17) is 5.73 Å². The number of halogens is 3. The highest BCUT2D eigenvalue weighted by Gasteiger charge is 2.33. The highest BCUT2D eigenvalue weighted by Crippen LogP contribution is 2.33. The molecule has 0 aliphatic carbocycles. The molecule has 1 rings (SSSR count). The minimum atomic E-state index is -4.57. The number of hydrogen-bond donors (Lipinski definition) is 2. The lowest BCUT2D eigenvalue weighted by Crippen LogP contribution is -2.33. The van der Waals surface area contributed by atoms with Crippen LogP contribution >= 0.6 is 0 Å². The van der Waals surface area contributed by atoms with Crippen LogP contribution in [0.1, 0.15) is 22.8 Å². The molecule has 0 radical (unpaired) electrons. The molecule has 7 heteroatoms. The van der Waals surface area contributed by atoms with E-state index in [1.165, 1.54) is 6.07 Å². The van der Waals surface area contributed by atoms with E-state index in [2.05, 4.69) is 5.32 Å². The van der Waals surface area contributed by atoms with Gasteiger partial charge in [0.1, 0.15) is 0 Å². The fourth-order valence-electron chi connectivity index (χ4n) is 1.56. The molecular weight excluding hydrogens is 271 g/mol. The maximum absolute atomic E-state index is 12.7. The number of nitrogen functional groups attached to an aromatic ring is 1. The number of nitrogens with two attached hydrogens (primary N) is 1. The molecule has 112 valence electrons. The Bertz CT molecular complexity index is 474. The summed E-state index contributed by atoms with van der Waals surface area (Å²) in [6, 6.07) is 3.15. The summed E-state index contributed by atoms with van der Waals surface area (Å²) in [6.07, 6.45) is -4.57. The molecule has 0 atom stereocenters. The highest BCUT2D eigenvalue weighted by atomic mass is 19.4. The minimum absolute atomic E-state index is 0.0503. The van der Waals surface area contributed by atoms with Crippen LogP contribution in [0, 0.1) is 0 Å². The number of anilines is 1. The zero-order valence-corrected chi connectivity index (χ0v) is 11.4. The molecule has 1 aromatic carbocycles. The van der Waals surface area contributed by atoms with Crippen LogP contribution in [-0.2, 0) is 6.18 Å². The van der Waals surface area contributed by atoms with E-state index in [-0.39, 0.29) is 11.3 Å². The summed E-state index contributed by atoms with van der Waals surface area (Å²) >= 11 is 0. The second kappa shape index (κ2) is 6.60. The predicted molar refractivity (Wildman–Crippen MR) is 71.4 cm³/mol. The lowest BCUT2D eigenvalue weighted by Gasteiger charge is -2.15. The molecule has 4 nitrogen and oxygen atoms in total. The molecule has 0 aliphatic heterocycles. The normalized spacial score (nSPS) is 11.7. The fourth-order valence-corrected chi connectivity index (χ4v) is 1.56. The molecule has 0 bridgehead atoms. The number of benzene rings is 1. The molecule has 0 spiro atoms. The summed E-state index contributed by atoms with van der Waals surface area (Å²) in [5, 5.41) is 2.57. The summed E-state index contributed by atoms with van der Waals surface area (Å²) < 4.78 is 38.0. The van der Waals surface area contributed by atoms with Crippen LogP contribution in [0.3, 0.4) is 0 Å². The molecule has 1 amide bonds. The Morgan fingerprint density at radius 2 is 2.05 bits per heavy atom. The number of rotatable bonds is 5. The van der Waals surface area contributed by atoms with Crippen molar-refractivity contribution in [3.05, 3.63) is 29.3 Å². The van der Waals surface area contributed by atoms with Crippen LogP contribution in [0.5, 0.6) is 0 Å². The molecule has 0 saturated carbocycles. The number of hydrogen-bond acceptors (Lipinski definition) is 3. The van der Waals surface area contributed by atoms with Gasteiger partial charge < -0.3 is 16.0 Å². The van der Waals surface area contributed by atoms with Gasteiger partial charge in [-0.1, -0.05) is 6.92 Å². The van der Waals surface area contributed by atoms with E-state index in [1.54, 1.807) is 0 Å². The first-order chi connectivity index (χ1) is 9.25. The van der Waals surface area contributed by atoms with Gasteiger partial charge in [0.25, 0.3) is 5.91 Å². The van der Waals surface area contributed by atoms with Crippen molar-refractivity contribution in [3.8, 4) is 0 Å². The summed E-state index contributed by atoms with van der Waals surface area (Å²) in [6.45, 7) is 3.80. The summed E-state index contributed by atoms with van der Waals surface area (Å²) in [5.74, 6) is -0.542. The Morgan fingerprint density at radius 3 is 2.60 bits per heavy atom. The average Bonchev–Trinajstić information content (AvgIpc) is 2.37. The highest BCUT2D eigenvalue weighted by molar-refractivity contribution is 5.94. The Balaban J connectivity index is 2.74. The Morgan fingerprint density at radius 1 is 1.40 bits per heavy atom. The van der Waals surface area contributed by atoms with Gasteiger partial charge in [0.2, 0.25) is 0 Å². The van der Waals surface area contributed by atoms with Crippen molar-refractivity contribution >= 4 is 11.6 Å². The third-order valence-corrected chi connectivity index (χ3v) is 2.94. The standard InChI is InChI=1S/C13H18F3N3O/c1-3-19(2)7-6-18-12(20)9-4-5-11(17)10(8-9)13(14,15)16/h4-5,8H,3,6-7,17H2,1-2H3,(H,18,20). The zero-order chi connectivity index (χ0) is 15.3. The van der Waals surface area contributed by atoms with Crippen molar-refractivity contribution in [3.63, 3.8) is 0 Å². The van der Waals surface area contributed by atoms with Gasteiger partial charge in [0.15, 0.2) is 0 Å². The lowest BCUT2D eigenvalue weighted by atomic mass is 10.1. The third kappa shape index (κ3) is 4.41. The number of nitrogens with one attached hydrogen (secondary N) is 1. The zero-order valence-electron chi connectivity index (χ0n) is 11.4. The van der Waals surface area contributed by atoms with Gasteiger partial charge in [-0.15, -0.1) is 0 Å². The number of nitrogens with zero attached hydrogens (tertiary/aromatic N) is 1. The molecule has 0 saturated heterocycles. The van der Waals surface area contributed by atoms with E-state index >= 15 is 0 Å². The fraction of sp³-hybridized carbons (Fsp3) is 0.462. The number of likely N-dealkylation sites (N-methyl/N-ethyl adjacent to an activating group) is 1. The summed E-state index contributed by atoms with van der Waals surface area (Å²) in [4.78, 5) is 13.7. The Hall–Kier alpha value is -1.76. The molecule has 20 heavy (non-hydrogen) atoms. The van der Waals surface area contributed by atoms with Gasteiger partial charge in [0, 0.05) is 24.3 Å². The van der Waals surface area contributed by atoms with Crippen molar-refractivity contribution in [2.75, 3.05) is 32.4 Å². The quantitative estimate of drug-likeness (QED) is 0.815. The maximum Gasteiger partial charge on any atom is 0.418 e. The Labute approximate surface area is 115 Å². The smallest absolute Gasteiger partial charge is 0.398 e. The molecule has 1 aromatic rings. The van der Waals surface area contributed by atoms with Crippen LogP contribution in [0.4, 0.5) is 18.9 Å². The number of carbonyl (C=O) groups is 1. The van der Waals surface area contributed by atoms with E-state index in [9.17, 15) is 18.0 Å². The van der Waals surface area contributed by atoms with Crippen molar-refractivity contribution in [2.24, 2.45) is 0 Å². The van der Waals surface area contributed by atoms with Gasteiger partial charge in [-0.25, -0.2) is 0 Å². The van der Waals surface area contributed by atoms with Crippen LogP contribution in [0.2, 0.25) is 0 Å². The predicted octanol–water partition coefficient (Wildman–Crippen LogP) is 1.97. The third-order valence-electron chi connectivity index (χ3n) is 2.94. The first-order valence-corrected chi connectivity index (χ1v) is 6.19. The second-order valence-corrected chi connectivity index (χ2v) is 4.45. The monoisotopic (exact) mass is 289 g/mol. The number of carbonyl (C=O) groups excluding carboxylic acids is 1. The largest absolute Gasteiger partial charge is 0.418 e. The number of alkyl halides is 3. The molecule has 0 aliphatic rings. The van der Waals surface area contributed by atoms with Gasteiger partial charge in [-0.3, -0.25) is 4.79 Å². The van der Waals surface area contributed by atoms with Gasteiger partial charge in [-0.05, 0) is 31.8 Å². The molecule has 0 aromatic heterocycles. The molecular formula is C13H18F3N3O. The topological polar surface area (TPSA) is 58.4 Å². The summed E-state index contributed by atoms with van der Waals surface area (Å²) in [5.41, 5.74) is 3.85. The van der Waals surface area contributed by atoms with E-state index in [1.807, 2.05) is 18.9 Å². The maximum atomic E-state index is 12.7. The molecule has 0 fully saturated rings. The van der Waals surface area contributed by atoms with Crippen molar-refractivity contribution in [2.45, 2.75) is 13.1 Å². The molecule has 0 unspecified atom stereocenters. The summed E-state index contributed by atoms with van der Waals surface area (Å²) in [7, 11) is 1.89. The van der Waals surface area contributed by atoms with Crippen LogP contribution in [0.25, 0.3) is 0 Å². The van der Waals surface area contributed by atoms with Crippen LogP contribution in [0.15, 0.2) is 18.2 Å². The van der Waals surface area contributed by atoms with Crippen molar-refractivity contribution < 1.29 is 18.0 Å². The van der Waals surface area contributed by atoms with E-state index in [0.717, 1.165) is 18.7 Å². The average molecular weight is 289 g/mol. The van der Waals surface area contributed by atoms with Crippen molar-refractivity contribution in [1.29, 1.82) is 0 Å². The number of amides is 1. The van der Waals surface area contributed by atoms with E-state index in [0.29, 0.717) is 13.1 Å². The second-order valence-electron chi connectivity index (χ2n) is 4.45. The van der Waals surface area contributed by atoms with Crippen LogP contribution in [-0.4, -0.2) is 37.5 Å². The minimum Gasteiger partial charge on any atom is -0.398 e. The van der Waals surface area contributed by atoms with Gasteiger partial charge in [0.05, 0.1) is 5.56 Å². The van der Waals surface area contributed by atoms with Gasteiger partial charge in [-0.2, -0.15) is 13.2 Å². The lowest BCUT2D eigenvalue weighted by molar-refractivity contribution is -0.136. The van der Waals surface area contributed by atoms with Gasteiger partial charge >= 0.3 is 6.18 Å². The molecule has 0 heterocycles. The first kappa shape index (κ1) is 16.3. The van der Waals surface area contributed by atoms with Crippen LogP contribution < -0.4 is 11.1 Å².